The number of hydrogen-bond donors (Lipinski definition) is 2. The maximum Gasteiger partial charge on any atom is 0.257 e. The van der Waals surface area contributed by atoms with E-state index in [0.717, 1.165) is 0 Å². The van der Waals surface area contributed by atoms with Crippen LogP contribution >= 0.6 is 0 Å². The van der Waals surface area contributed by atoms with Crippen LogP contribution in [0.5, 0.6) is 0 Å². The molecule has 1 atom stereocenters. The fourth-order valence-corrected chi connectivity index (χ4v) is 2.30. The predicted molar refractivity (Wildman–Crippen MR) is 67.2 cm³/mol. The Morgan fingerprint density at radius 3 is 2.53 bits per heavy atom. The Kier molecular flexibility index (Phi) is 4.70. The normalized spacial score (nSPS) is 14.2. The molecule has 0 aliphatic rings. The van der Waals surface area contributed by atoms with Crippen LogP contribution in [-0.2, 0) is 16.4 Å². The Morgan fingerprint density at radius 1 is 1.41 bits per heavy atom. The van der Waals surface area contributed by atoms with Crippen LogP contribution < -0.4 is 4.72 Å². The lowest BCUT2D eigenvalue weighted by Gasteiger charge is -2.15. The van der Waals surface area contributed by atoms with Crippen LogP contribution in [0.3, 0.4) is 0 Å². The molecule has 1 heterocycles. The van der Waals surface area contributed by atoms with Gasteiger partial charge in [0.2, 0.25) is 0 Å². The van der Waals surface area contributed by atoms with Gasteiger partial charge in [0, 0.05) is 13.0 Å². The van der Waals surface area contributed by atoms with Gasteiger partial charge in [-0.3, -0.25) is 0 Å². The topological polar surface area (TPSA) is 74.8 Å². The molecular formula is C11H21N3O2S. The number of imidazole rings is 1. The van der Waals surface area contributed by atoms with Gasteiger partial charge in [0.1, 0.15) is 5.82 Å². The lowest BCUT2D eigenvalue weighted by atomic mass is 9.99. The smallest absolute Gasteiger partial charge is 0.257 e. The molecule has 0 spiro atoms. The Morgan fingerprint density at radius 2 is 2.06 bits per heavy atom. The molecule has 1 rings (SSSR count). The fraction of sp³-hybridized carbons (Fsp3) is 0.727. The van der Waals surface area contributed by atoms with Gasteiger partial charge in [-0.1, -0.05) is 27.7 Å². The van der Waals surface area contributed by atoms with Crippen LogP contribution in [0.25, 0.3) is 0 Å². The molecule has 98 valence electrons. The van der Waals surface area contributed by atoms with Crippen molar-refractivity contribution in [2.75, 3.05) is 6.54 Å². The molecule has 1 aromatic heterocycles. The Balaban J connectivity index is 2.69. The first-order valence-corrected chi connectivity index (χ1v) is 7.38. The second-order valence-electron chi connectivity index (χ2n) is 4.62. The molecule has 0 aromatic carbocycles. The lowest BCUT2D eigenvalue weighted by Crippen LogP contribution is -2.30. The van der Waals surface area contributed by atoms with E-state index >= 15 is 0 Å². The minimum absolute atomic E-state index is 0.144. The second-order valence-corrected chi connectivity index (χ2v) is 6.36. The van der Waals surface area contributed by atoms with Crippen molar-refractivity contribution in [1.82, 2.24) is 14.7 Å². The third-order valence-electron chi connectivity index (χ3n) is 2.96. The van der Waals surface area contributed by atoms with Crippen LogP contribution in [0.2, 0.25) is 0 Å². The molecule has 17 heavy (non-hydrogen) atoms. The highest BCUT2D eigenvalue weighted by Gasteiger charge is 2.18. The van der Waals surface area contributed by atoms with E-state index in [-0.39, 0.29) is 5.03 Å². The highest BCUT2D eigenvalue weighted by atomic mass is 32.2. The molecule has 0 fully saturated rings. The van der Waals surface area contributed by atoms with Crippen LogP contribution in [-0.4, -0.2) is 24.9 Å². The van der Waals surface area contributed by atoms with Crippen LogP contribution in [0.1, 0.15) is 33.5 Å². The number of nitrogens with zero attached hydrogens (tertiary/aromatic N) is 1. The predicted octanol–water partition coefficient (Wildman–Crippen LogP) is 1.54. The van der Waals surface area contributed by atoms with Crippen molar-refractivity contribution in [3.05, 3.63) is 12.0 Å². The van der Waals surface area contributed by atoms with E-state index in [1.54, 1.807) is 0 Å². The Labute approximate surface area is 103 Å². The molecule has 0 aliphatic carbocycles. The summed E-state index contributed by atoms with van der Waals surface area (Å²) in [5.74, 6) is 1.44. The molecule has 0 radical (unpaired) electrons. The van der Waals surface area contributed by atoms with Gasteiger partial charge in [-0.2, -0.15) is 0 Å². The molecule has 0 amide bonds. The molecule has 6 heteroatoms. The number of aromatic amines is 1. The molecule has 1 unspecified atom stereocenters. The first-order valence-electron chi connectivity index (χ1n) is 5.90. The summed E-state index contributed by atoms with van der Waals surface area (Å²) in [6, 6.07) is 0. The molecule has 0 aliphatic heterocycles. The first-order chi connectivity index (χ1) is 7.86. The van der Waals surface area contributed by atoms with Gasteiger partial charge in [0.25, 0.3) is 10.0 Å². The van der Waals surface area contributed by atoms with E-state index in [4.69, 9.17) is 0 Å². The summed E-state index contributed by atoms with van der Waals surface area (Å²) in [6.45, 7) is 8.54. The number of sulfonamides is 1. The van der Waals surface area contributed by atoms with Crippen LogP contribution in [0.4, 0.5) is 0 Å². The largest absolute Gasteiger partial charge is 0.332 e. The number of nitrogens with one attached hydrogen (secondary N) is 2. The highest BCUT2D eigenvalue weighted by molar-refractivity contribution is 7.89. The van der Waals surface area contributed by atoms with Gasteiger partial charge in [0.15, 0.2) is 5.03 Å². The van der Waals surface area contributed by atoms with Gasteiger partial charge in [0.05, 0.1) is 6.20 Å². The van der Waals surface area contributed by atoms with Gasteiger partial charge in [-0.05, 0) is 11.8 Å². The number of aryl methyl sites for hydroxylation is 1. The summed E-state index contributed by atoms with van der Waals surface area (Å²) < 4.78 is 26.4. The molecule has 0 saturated heterocycles. The average Bonchev–Trinajstić information content (AvgIpc) is 2.75. The number of H-pyrrole nitrogens is 1. The quantitative estimate of drug-likeness (QED) is 0.813. The zero-order valence-electron chi connectivity index (χ0n) is 10.8. The maximum atomic E-state index is 11.9. The van der Waals surface area contributed by atoms with Gasteiger partial charge >= 0.3 is 0 Å². The van der Waals surface area contributed by atoms with E-state index in [2.05, 4.69) is 28.5 Å². The summed E-state index contributed by atoms with van der Waals surface area (Å²) >= 11 is 0. The number of rotatable bonds is 6. The van der Waals surface area contributed by atoms with Crippen molar-refractivity contribution in [1.29, 1.82) is 0 Å². The first kappa shape index (κ1) is 14.2. The Bertz CT molecular complexity index is 451. The second kappa shape index (κ2) is 5.64. The standard InChI is InChI=1S/C11H21N3O2S/c1-5-10-12-7-11(14-10)17(15,16)13-6-9(4)8(2)3/h7-9,13H,5-6H2,1-4H3,(H,12,14). The highest BCUT2D eigenvalue weighted by Crippen LogP contribution is 2.10. The van der Waals surface area contributed by atoms with E-state index in [9.17, 15) is 8.42 Å². The SMILES string of the molecule is CCc1ncc(S(=O)(=O)NCC(C)C(C)C)[nH]1. The van der Waals surface area contributed by atoms with Crippen molar-refractivity contribution in [2.24, 2.45) is 11.8 Å². The molecule has 0 saturated carbocycles. The van der Waals surface area contributed by atoms with Gasteiger partial charge < -0.3 is 4.98 Å². The van der Waals surface area contributed by atoms with Crippen molar-refractivity contribution in [3.8, 4) is 0 Å². The summed E-state index contributed by atoms with van der Waals surface area (Å²) in [4.78, 5) is 6.78. The van der Waals surface area contributed by atoms with E-state index in [1.807, 2.05) is 13.8 Å². The maximum absolute atomic E-state index is 11.9. The lowest BCUT2D eigenvalue weighted by molar-refractivity contribution is 0.414. The minimum atomic E-state index is -3.45. The Hall–Kier alpha value is -0.880. The fourth-order valence-electron chi connectivity index (χ4n) is 1.21. The molecule has 1 aromatic rings. The van der Waals surface area contributed by atoms with Crippen molar-refractivity contribution < 1.29 is 8.42 Å². The van der Waals surface area contributed by atoms with Crippen molar-refractivity contribution in [3.63, 3.8) is 0 Å². The number of aromatic nitrogens is 2. The molecular weight excluding hydrogens is 238 g/mol. The van der Waals surface area contributed by atoms with E-state index in [0.29, 0.717) is 30.6 Å². The minimum Gasteiger partial charge on any atom is -0.332 e. The van der Waals surface area contributed by atoms with E-state index < -0.39 is 10.0 Å². The summed E-state index contributed by atoms with van der Waals surface area (Å²) in [5.41, 5.74) is 0. The third-order valence-corrected chi connectivity index (χ3v) is 4.30. The van der Waals surface area contributed by atoms with Gasteiger partial charge in [-0.15, -0.1) is 0 Å². The zero-order valence-corrected chi connectivity index (χ0v) is 11.6. The summed E-state index contributed by atoms with van der Waals surface area (Å²) in [7, 11) is -3.45. The van der Waals surface area contributed by atoms with Crippen molar-refractivity contribution >= 4 is 10.0 Å². The van der Waals surface area contributed by atoms with E-state index in [1.165, 1.54) is 6.20 Å². The molecule has 2 N–H and O–H groups in total. The van der Waals surface area contributed by atoms with Crippen LogP contribution in [0.15, 0.2) is 11.2 Å². The zero-order chi connectivity index (χ0) is 13.1. The average molecular weight is 259 g/mol. The summed E-state index contributed by atoms with van der Waals surface area (Å²) in [5, 5.41) is 0.144. The molecule has 5 nitrogen and oxygen atoms in total. The summed E-state index contributed by atoms with van der Waals surface area (Å²) in [6.07, 6.45) is 2.05. The van der Waals surface area contributed by atoms with Crippen molar-refractivity contribution in [2.45, 2.75) is 39.1 Å². The molecule has 0 bridgehead atoms. The number of hydrogen-bond acceptors (Lipinski definition) is 3. The van der Waals surface area contributed by atoms with Gasteiger partial charge in [-0.25, -0.2) is 18.1 Å². The monoisotopic (exact) mass is 259 g/mol. The third kappa shape index (κ3) is 3.81. The van der Waals surface area contributed by atoms with Crippen LogP contribution in [0, 0.1) is 11.8 Å².